The Kier molecular flexibility index (Phi) is 4.39. The summed E-state index contributed by atoms with van der Waals surface area (Å²) >= 11 is 0. The number of hydrogen-bond acceptors (Lipinski definition) is 3. The molecule has 78 valence electrons. The van der Waals surface area contributed by atoms with E-state index in [0.717, 1.165) is 0 Å². The largest absolute Gasteiger partial charge is 0.342 e. The Morgan fingerprint density at radius 2 is 1.92 bits per heavy atom. The van der Waals surface area contributed by atoms with Gasteiger partial charge in [0.15, 0.2) is 0 Å². The van der Waals surface area contributed by atoms with Crippen LogP contribution in [-0.2, 0) is 14.5 Å². The molecule has 0 aliphatic rings. The van der Waals surface area contributed by atoms with Crippen LogP contribution in [0.3, 0.4) is 0 Å². The summed E-state index contributed by atoms with van der Waals surface area (Å²) in [5.74, 6) is -0.0913. The average molecular weight is 206 g/mol. The first kappa shape index (κ1) is 12.4. The van der Waals surface area contributed by atoms with Gasteiger partial charge in [-0.3, -0.25) is 9.00 Å². The monoisotopic (exact) mass is 206 g/mol. The third-order valence-electron chi connectivity index (χ3n) is 1.68. The van der Waals surface area contributed by atoms with Gasteiger partial charge >= 0.3 is 0 Å². The summed E-state index contributed by atoms with van der Waals surface area (Å²) in [6.07, 6.45) is 3.05. The Morgan fingerprint density at radius 3 is 2.23 bits per heavy atom. The zero-order chi connectivity index (χ0) is 10.6. The van der Waals surface area contributed by atoms with E-state index in [-0.39, 0.29) is 18.5 Å². The normalized spacial score (nSPS) is 11.5. The molecule has 0 saturated heterocycles. The predicted octanol–water partition coefficient (Wildman–Crippen LogP) is 0.581. The van der Waals surface area contributed by atoms with Crippen LogP contribution in [0.2, 0.25) is 0 Å². The number of carbonyl (C=O) groups excluding carboxylic acids is 1. The second-order valence-electron chi connectivity index (χ2n) is 3.57. The molecule has 1 amide bonds. The highest BCUT2D eigenvalue weighted by Crippen LogP contribution is 1.95. The van der Waals surface area contributed by atoms with E-state index < -0.39 is 9.73 Å². The predicted molar refractivity (Wildman–Crippen MR) is 55.2 cm³/mol. The molecular weight excluding hydrogens is 188 g/mol. The molecule has 0 atom stereocenters. The van der Waals surface area contributed by atoms with Gasteiger partial charge in [-0.25, -0.2) is 4.36 Å². The van der Waals surface area contributed by atoms with E-state index in [0.29, 0.717) is 0 Å². The van der Waals surface area contributed by atoms with Crippen LogP contribution in [0.1, 0.15) is 13.8 Å². The molecule has 0 aliphatic carbocycles. The zero-order valence-electron chi connectivity index (χ0n) is 8.90. The van der Waals surface area contributed by atoms with Crippen molar-refractivity contribution in [3.8, 4) is 0 Å². The van der Waals surface area contributed by atoms with Crippen molar-refractivity contribution >= 4 is 15.6 Å². The van der Waals surface area contributed by atoms with Gasteiger partial charge < -0.3 is 4.90 Å². The number of amides is 1. The fraction of sp³-hybridized carbons (Fsp3) is 0.875. The molecule has 0 aromatic heterocycles. The quantitative estimate of drug-likeness (QED) is 0.678. The summed E-state index contributed by atoms with van der Waals surface area (Å²) in [6.45, 7) is 3.86. The lowest BCUT2D eigenvalue weighted by Gasteiger charge is -2.20. The van der Waals surface area contributed by atoms with Crippen LogP contribution < -0.4 is 0 Å². The molecule has 0 radical (unpaired) electrons. The minimum Gasteiger partial charge on any atom is -0.342 e. The maximum Gasteiger partial charge on any atom is 0.244 e. The minimum absolute atomic E-state index is 0.0144. The molecule has 0 aromatic carbocycles. The maximum atomic E-state index is 11.3. The van der Waals surface area contributed by atoms with Crippen molar-refractivity contribution in [2.75, 3.05) is 26.1 Å². The first-order chi connectivity index (χ1) is 5.74. The average Bonchev–Trinajstić information content (AvgIpc) is 1.97. The van der Waals surface area contributed by atoms with Crippen molar-refractivity contribution < 1.29 is 9.00 Å². The van der Waals surface area contributed by atoms with Gasteiger partial charge in [-0.2, -0.15) is 0 Å². The fourth-order valence-electron chi connectivity index (χ4n) is 0.610. The summed E-state index contributed by atoms with van der Waals surface area (Å²) < 4.78 is 14.9. The van der Waals surface area contributed by atoms with Gasteiger partial charge in [0.05, 0.1) is 0 Å². The molecule has 0 N–H and O–H groups in total. The minimum atomic E-state index is -2.15. The summed E-state index contributed by atoms with van der Waals surface area (Å²) in [7, 11) is -0.433. The highest BCUT2D eigenvalue weighted by Gasteiger charge is 2.10. The van der Waals surface area contributed by atoms with Crippen molar-refractivity contribution in [2.45, 2.75) is 19.9 Å². The van der Waals surface area contributed by atoms with Crippen LogP contribution in [0.5, 0.6) is 0 Å². The lowest BCUT2D eigenvalue weighted by atomic mass is 10.3. The van der Waals surface area contributed by atoms with E-state index in [4.69, 9.17) is 0 Å². The molecule has 4 nitrogen and oxygen atoms in total. The van der Waals surface area contributed by atoms with Gasteiger partial charge in [0.25, 0.3) is 0 Å². The van der Waals surface area contributed by atoms with Crippen LogP contribution in [0.25, 0.3) is 0 Å². The summed E-state index contributed by atoms with van der Waals surface area (Å²) in [6, 6.07) is 0.160. The molecule has 0 aliphatic heterocycles. The molecule has 0 unspecified atom stereocenters. The second-order valence-corrected chi connectivity index (χ2v) is 6.19. The Labute approximate surface area is 80.5 Å². The summed E-state index contributed by atoms with van der Waals surface area (Å²) in [4.78, 5) is 12.9. The third kappa shape index (κ3) is 5.63. The van der Waals surface area contributed by atoms with Gasteiger partial charge in [0.2, 0.25) is 5.91 Å². The van der Waals surface area contributed by atoms with Gasteiger partial charge in [-0.05, 0) is 13.8 Å². The maximum absolute atomic E-state index is 11.3. The number of nitrogens with zero attached hydrogens (tertiary/aromatic N) is 2. The van der Waals surface area contributed by atoms with Crippen molar-refractivity contribution in [3.05, 3.63) is 0 Å². The van der Waals surface area contributed by atoms with Gasteiger partial charge in [0, 0.05) is 35.3 Å². The molecule has 0 saturated carbocycles. The van der Waals surface area contributed by atoms with E-state index in [1.54, 1.807) is 11.9 Å². The lowest BCUT2D eigenvalue weighted by molar-refractivity contribution is -0.129. The molecule has 0 spiro atoms. The Balaban J connectivity index is 4.27. The van der Waals surface area contributed by atoms with Crippen molar-refractivity contribution in [1.82, 2.24) is 4.90 Å². The van der Waals surface area contributed by atoms with E-state index in [1.165, 1.54) is 12.5 Å². The highest BCUT2D eigenvalue weighted by molar-refractivity contribution is 7.92. The third-order valence-corrected chi connectivity index (χ3v) is 2.43. The first-order valence-corrected chi connectivity index (χ1v) is 6.45. The van der Waals surface area contributed by atoms with Crippen molar-refractivity contribution in [3.63, 3.8) is 0 Å². The Morgan fingerprint density at radius 1 is 1.46 bits per heavy atom. The van der Waals surface area contributed by atoms with Crippen molar-refractivity contribution in [2.24, 2.45) is 4.36 Å². The van der Waals surface area contributed by atoms with Gasteiger partial charge in [0.1, 0.15) is 6.54 Å². The molecular formula is C8H18N2O2S. The number of hydrogen-bond donors (Lipinski definition) is 0. The van der Waals surface area contributed by atoms with E-state index >= 15 is 0 Å². The smallest absolute Gasteiger partial charge is 0.244 e. The topological polar surface area (TPSA) is 49.7 Å². The molecule has 0 fully saturated rings. The second kappa shape index (κ2) is 4.60. The first-order valence-electron chi connectivity index (χ1n) is 4.12. The molecule has 13 heavy (non-hydrogen) atoms. The number of rotatable bonds is 3. The van der Waals surface area contributed by atoms with Crippen LogP contribution >= 0.6 is 0 Å². The molecule has 0 rings (SSSR count). The van der Waals surface area contributed by atoms with Crippen LogP contribution in [0, 0.1) is 0 Å². The van der Waals surface area contributed by atoms with Crippen LogP contribution in [0.4, 0.5) is 0 Å². The van der Waals surface area contributed by atoms with E-state index in [2.05, 4.69) is 4.36 Å². The molecule has 0 bridgehead atoms. The van der Waals surface area contributed by atoms with Crippen LogP contribution in [0.15, 0.2) is 4.36 Å². The molecule has 0 aromatic rings. The summed E-state index contributed by atoms with van der Waals surface area (Å²) in [5.41, 5.74) is 0. The molecule has 5 heteroatoms. The zero-order valence-corrected chi connectivity index (χ0v) is 9.72. The number of likely N-dealkylation sites (N-methyl/N-ethyl adjacent to an activating group) is 1. The van der Waals surface area contributed by atoms with Crippen molar-refractivity contribution in [1.29, 1.82) is 0 Å². The summed E-state index contributed by atoms with van der Waals surface area (Å²) in [5, 5.41) is 0. The lowest BCUT2D eigenvalue weighted by Crippen LogP contribution is -2.34. The fourth-order valence-corrected chi connectivity index (χ4v) is 1.03. The number of carbonyl (C=O) groups is 1. The standard InChI is InChI=1S/C8H18N2O2S/c1-7(2)10(3)8(11)6-9-13(4,5)12/h7H,6H2,1-5H3. The van der Waals surface area contributed by atoms with Gasteiger partial charge in [-0.15, -0.1) is 0 Å². The highest BCUT2D eigenvalue weighted by atomic mass is 32.2. The SMILES string of the molecule is CC(C)N(C)C(=O)CN=S(C)(C)=O. The Bertz CT molecular complexity index is 283. The van der Waals surface area contributed by atoms with E-state index in [1.807, 2.05) is 13.8 Å². The molecule has 0 heterocycles. The van der Waals surface area contributed by atoms with Crippen LogP contribution in [-0.4, -0.2) is 47.2 Å². The van der Waals surface area contributed by atoms with Gasteiger partial charge in [-0.1, -0.05) is 0 Å². The van der Waals surface area contributed by atoms with E-state index in [9.17, 15) is 9.00 Å². The Hall–Kier alpha value is -0.580.